The highest BCUT2D eigenvalue weighted by atomic mass is 32.2. The molecule has 1 aromatic heterocycles. The van der Waals surface area contributed by atoms with Crippen LogP contribution in [0.3, 0.4) is 0 Å². The number of sulfonamides is 1. The first-order chi connectivity index (χ1) is 16.4. The number of rotatable bonds is 11. The van der Waals surface area contributed by atoms with E-state index in [9.17, 15) is 18.0 Å². The predicted molar refractivity (Wildman–Crippen MR) is 135 cm³/mol. The normalized spacial score (nSPS) is 11.0. The summed E-state index contributed by atoms with van der Waals surface area (Å²) in [7, 11) is -3.95. The Balaban J connectivity index is 1.78. The highest BCUT2D eigenvalue weighted by molar-refractivity contribution is 7.92. The molecule has 0 bridgehead atoms. The minimum Gasteiger partial charge on any atom is -0.350 e. The molecule has 34 heavy (non-hydrogen) atoms. The minimum atomic E-state index is -3.95. The van der Waals surface area contributed by atoms with Crippen molar-refractivity contribution >= 4 is 38.9 Å². The Kier molecular flexibility index (Phi) is 8.61. The molecule has 0 unspecified atom stereocenters. The third-order valence-corrected chi connectivity index (χ3v) is 7.72. The van der Waals surface area contributed by atoms with E-state index in [1.165, 1.54) is 44.8 Å². The van der Waals surface area contributed by atoms with Crippen LogP contribution in [0.5, 0.6) is 0 Å². The Morgan fingerprint density at radius 2 is 1.82 bits per heavy atom. The molecule has 0 saturated heterocycles. The van der Waals surface area contributed by atoms with E-state index in [2.05, 4.69) is 11.9 Å². The average molecular weight is 498 g/mol. The number of carbonyl (C=O) groups excluding carboxylic acids is 2. The number of hydrogen-bond acceptors (Lipinski definition) is 5. The van der Waals surface area contributed by atoms with Gasteiger partial charge >= 0.3 is 0 Å². The van der Waals surface area contributed by atoms with Gasteiger partial charge < -0.3 is 10.2 Å². The lowest BCUT2D eigenvalue weighted by molar-refractivity contribution is -0.121. The van der Waals surface area contributed by atoms with Crippen LogP contribution in [0.15, 0.2) is 89.7 Å². The van der Waals surface area contributed by atoms with Crippen LogP contribution in [0.2, 0.25) is 0 Å². The van der Waals surface area contributed by atoms with Crippen LogP contribution < -0.4 is 9.62 Å². The first-order valence-corrected chi connectivity index (χ1v) is 13.1. The standard InChI is InChI=1S/C25H27N3O4S2/c1-3-15-28(21-11-6-5-7-12-21)34(31,32)23-14-8-10-20(17-23)25(30)27(4-2)19-24(29)26-18-22-13-9-16-33-22/h3,5-14,16-17H,1,4,15,18-19H2,2H3,(H,26,29). The van der Waals surface area contributed by atoms with E-state index in [1.807, 2.05) is 17.5 Å². The van der Waals surface area contributed by atoms with E-state index < -0.39 is 15.9 Å². The van der Waals surface area contributed by atoms with E-state index in [0.29, 0.717) is 18.8 Å². The Morgan fingerprint density at radius 1 is 1.06 bits per heavy atom. The Bertz CT molecular complexity index is 1230. The molecule has 178 valence electrons. The molecular formula is C25H27N3O4S2. The second-order valence-electron chi connectivity index (χ2n) is 7.36. The van der Waals surface area contributed by atoms with Gasteiger partial charge in [-0.3, -0.25) is 13.9 Å². The number of thiophene rings is 1. The van der Waals surface area contributed by atoms with Crippen LogP contribution >= 0.6 is 11.3 Å². The van der Waals surface area contributed by atoms with Crippen LogP contribution in [-0.4, -0.2) is 44.8 Å². The molecule has 2 aromatic carbocycles. The fourth-order valence-corrected chi connectivity index (χ4v) is 5.43. The molecule has 0 aliphatic carbocycles. The van der Waals surface area contributed by atoms with Gasteiger partial charge in [-0.15, -0.1) is 17.9 Å². The smallest absolute Gasteiger partial charge is 0.264 e. The fraction of sp³-hybridized carbons (Fsp3) is 0.200. The molecule has 0 fully saturated rings. The van der Waals surface area contributed by atoms with Crippen LogP contribution in [0.4, 0.5) is 5.69 Å². The predicted octanol–water partition coefficient (Wildman–Crippen LogP) is 3.91. The van der Waals surface area contributed by atoms with Crippen molar-refractivity contribution in [2.75, 3.05) is 23.9 Å². The highest BCUT2D eigenvalue weighted by Gasteiger charge is 2.26. The fourth-order valence-electron chi connectivity index (χ4n) is 3.31. The monoisotopic (exact) mass is 497 g/mol. The summed E-state index contributed by atoms with van der Waals surface area (Å²) in [6.07, 6.45) is 1.51. The Hall–Kier alpha value is -3.43. The van der Waals surface area contributed by atoms with E-state index >= 15 is 0 Å². The van der Waals surface area contributed by atoms with E-state index in [-0.39, 0.29) is 29.5 Å². The van der Waals surface area contributed by atoms with Gasteiger partial charge in [0.25, 0.3) is 15.9 Å². The van der Waals surface area contributed by atoms with Crippen molar-refractivity contribution in [2.45, 2.75) is 18.4 Å². The second-order valence-corrected chi connectivity index (χ2v) is 10.3. The molecule has 0 saturated carbocycles. The van der Waals surface area contributed by atoms with Crippen LogP contribution in [0.25, 0.3) is 0 Å². The van der Waals surface area contributed by atoms with Crippen LogP contribution in [-0.2, 0) is 21.4 Å². The van der Waals surface area contributed by atoms with Crippen molar-refractivity contribution in [2.24, 2.45) is 0 Å². The van der Waals surface area contributed by atoms with Gasteiger partial charge in [0.2, 0.25) is 5.91 Å². The molecule has 3 aromatic rings. The number of carbonyl (C=O) groups is 2. The lowest BCUT2D eigenvalue weighted by Gasteiger charge is -2.24. The number of nitrogens with zero attached hydrogens (tertiary/aromatic N) is 2. The lowest BCUT2D eigenvalue weighted by atomic mass is 10.2. The molecule has 1 heterocycles. The van der Waals surface area contributed by atoms with Gasteiger partial charge in [-0.05, 0) is 48.7 Å². The van der Waals surface area contributed by atoms with Gasteiger partial charge in [-0.2, -0.15) is 0 Å². The van der Waals surface area contributed by atoms with E-state index in [4.69, 9.17) is 0 Å². The summed E-state index contributed by atoms with van der Waals surface area (Å²) >= 11 is 1.54. The van der Waals surface area contributed by atoms with Gasteiger partial charge in [-0.1, -0.05) is 36.4 Å². The maximum absolute atomic E-state index is 13.4. The summed E-state index contributed by atoms with van der Waals surface area (Å²) in [5, 5.41) is 4.73. The number of benzene rings is 2. The number of nitrogens with one attached hydrogen (secondary N) is 1. The lowest BCUT2D eigenvalue weighted by Crippen LogP contribution is -2.40. The quantitative estimate of drug-likeness (QED) is 0.407. The van der Waals surface area contributed by atoms with Crippen molar-refractivity contribution < 1.29 is 18.0 Å². The van der Waals surface area contributed by atoms with E-state index in [0.717, 1.165) is 4.88 Å². The SMILES string of the molecule is C=CCN(c1ccccc1)S(=O)(=O)c1cccc(C(=O)N(CC)CC(=O)NCc2cccs2)c1. The molecule has 0 radical (unpaired) electrons. The number of anilines is 1. The van der Waals surface area contributed by atoms with Crippen LogP contribution in [0.1, 0.15) is 22.2 Å². The molecule has 1 N–H and O–H groups in total. The minimum absolute atomic E-state index is 0.0118. The molecule has 0 aliphatic rings. The van der Waals surface area contributed by atoms with E-state index in [1.54, 1.807) is 43.3 Å². The Morgan fingerprint density at radius 3 is 2.47 bits per heavy atom. The highest BCUT2D eigenvalue weighted by Crippen LogP contribution is 2.24. The average Bonchev–Trinajstić information content (AvgIpc) is 3.38. The van der Waals surface area contributed by atoms with Gasteiger partial charge in [0.1, 0.15) is 0 Å². The topological polar surface area (TPSA) is 86.8 Å². The summed E-state index contributed by atoms with van der Waals surface area (Å²) in [6.45, 7) is 6.09. The maximum atomic E-state index is 13.4. The summed E-state index contributed by atoms with van der Waals surface area (Å²) in [6, 6.07) is 18.4. The first-order valence-electron chi connectivity index (χ1n) is 10.7. The largest absolute Gasteiger partial charge is 0.350 e. The molecule has 0 spiro atoms. The molecule has 0 atom stereocenters. The van der Waals surface area contributed by atoms with Crippen molar-refractivity contribution in [1.29, 1.82) is 0 Å². The molecule has 0 aliphatic heterocycles. The second kappa shape index (κ2) is 11.6. The molecule has 9 heteroatoms. The third kappa shape index (κ3) is 6.12. The number of para-hydroxylation sites is 1. The zero-order chi connectivity index (χ0) is 24.6. The van der Waals surface area contributed by atoms with Crippen molar-refractivity contribution in [3.05, 3.63) is 95.2 Å². The third-order valence-electron chi connectivity index (χ3n) is 5.05. The summed E-state index contributed by atoms with van der Waals surface area (Å²) in [5.41, 5.74) is 0.692. The number of hydrogen-bond donors (Lipinski definition) is 1. The zero-order valence-electron chi connectivity index (χ0n) is 18.9. The number of amides is 2. The molecule has 2 amide bonds. The Labute approximate surface area is 204 Å². The van der Waals surface area contributed by atoms with Crippen LogP contribution in [0, 0.1) is 0 Å². The van der Waals surface area contributed by atoms with Gasteiger partial charge in [0.05, 0.1) is 30.2 Å². The first kappa shape index (κ1) is 25.2. The molecular weight excluding hydrogens is 470 g/mol. The van der Waals surface area contributed by atoms with Gasteiger partial charge in [-0.25, -0.2) is 8.42 Å². The van der Waals surface area contributed by atoms with Gasteiger partial charge in [0.15, 0.2) is 0 Å². The maximum Gasteiger partial charge on any atom is 0.264 e. The molecule has 3 rings (SSSR count). The number of likely N-dealkylation sites (N-methyl/N-ethyl adjacent to an activating group) is 1. The van der Waals surface area contributed by atoms with Gasteiger partial charge in [0, 0.05) is 17.0 Å². The summed E-state index contributed by atoms with van der Waals surface area (Å²) in [4.78, 5) is 27.9. The summed E-state index contributed by atoms with van der Waals surface area (Å²) < 4.78 is 28.0. The zero-order valence-corrected chi connectivity index (χ0v) is 20.5. The van der Waals surface area contributed by atoms with Crippen molar-refractivity contribution in [3.63, 3.8) is 0 Å². The molecule has 7 nitrogen and oxygen atoms in total. The van der Waals surface area contributed by atoms with Crippen molar-refractivity contribution in [3.8, 4) is 0 Å². The summed E-state index contributed by atoms with van der Waals surface area (Å²) in [5.74, 6) is -0.700. The van der Waals surface area contributed by atoms with Crippen molar-refractivity contribution in [1.82, 2.24) is 10.2 Å².